The summed E-state index contributed by atoms with van der Waals surface area (Å²) in [5.74, 6) is -0.472. The lowest BCUT2D eigenvalue weighted by atomic mass is 10.1. The number of nitro groups is 1. The number of aryl methyl sites for hydroxylation is 1. The maximum atomic E-state index is 11.4. The van der Waals surface area contributed by atoms with E-state index in [1.807, 2.05) is 0 Å². The van der Waals surface area contributed by atoms with Gasteiger partial charge in [0.05, 0.1) is 23.5 Å². The van der Waals surface area contributed by atoms with E-state index in [2.05, 4.69) is 15.9 Å². The van der Waals surface area contributed by atoms with Crippen molar-refractivity contribution in [1.82, 2.24) is 0 Å². The molecule has 0 aliphatic rings. The molecule has 0 aliphatic carbocycles. The Labute approximate surface area is 107 Å². The summed E-state index contributed by atoms with van der Waals surface area (Å²) in [5.41, 5.74) is 1.04. The zero-order valence-corrected chi connectivity index (χ0v) is 11.1. The minimum Gasteiger partial charge on any atom is -0.466 e. The van der Waals surface area contributed by atoms with Crippen molar-refractivity contribution >= 4 is 27.6 Å². The fourth-order valence-corrected chi connectivity index (χ4v) is 2.15. The van der Waals surface area contributed by atoms with Crippen molar-refractivity contribution in [2.24, 2.45) is 0 Å². The van der Waals surface area contributed by atoms with Crippen LogP contribution in [-0.2, 0) is 16.0 Å². The number of benzene rings is 1. The van der Waals surface area contributed by atoms with Crippen molar-refractivity contribution in [2.75, 3.05) is 6.61 Å². The highest BCUT2D eigenvalue weighted by atomic mass is 79.9. The van der Waals surface area contributed by atoms with Gasteiger partial charge < -0.3 is 4.74 Å². The third-order valence-corrected chi connectivity index (χ3v) is 2.85. The van der Waals surface area contributed by atoms with E-state index in [0.717, 1.165) is 5.56 Å². The molecule has 0 spiro atoms. The van der Waals surface area contributed by atoms with Crippen molar-refractivity contribution in [2.45, 2.75) is 20.3 Å². The molecular formula is C11H12BrNO4. The summed E-state index contributed by atoms with van der Waals surface area (Å²) < 4.78 is 5.34. The second-order valence-electron chi connectivity index (χ2n) is 3.48. The number of halogens is 1. The standard InChI is InChI=1S/C11H12BrNO4/c1-3-17-11(14)6-8-9(12)4-7(2)5-10(8)13(15)16/h4-5H,3,6H2,1-2H3. The van der Waals surface area contributed by atoms with Crippen molar-refractivity contribution in [3.8, 4) is 0 Å². The lowest BCUT2D eigenvalue weighted by Gasteiger charge is -2.06. The van der Waals surface area contributed by atoms with Crippen LogP contribution in [0.5, 0.6) is 0 Å². The molecule has 6 heteroatoms. The molecule has 0 amide bonds. The van der Waals surface area contributed by atoms with E-state index in [4.69, 9.17) is 4.74 Å². The van der Waals surface area contributed by atoms with E-state index in [1.54, 1.807) is 19.9 Å². The van der Waals surface area contributed by atoms with Crippen LogP contribution in [0.15, 0.2) is 16.6 Å². The van der Waals surface area contributed by atoms with E-state index in [9.17, 15) is 14.9 Å². The molecule has 1 aromatic rings. The minimum absolute atomic E-state index is 0.0649. The number of nitro benzene ring substituents is 1. The zero-order valence-electron chi connectivity index (χ0n) is 9.53. The van der Waals surface area contributed by atoms with E-state index >= 15 is 0 Å². The van der Waals surface area contributed by atoms with Gasteiger partial charge in [0.15, 0.2) is 0 Å². The Bertz CT molecular complexity index is 459. The van der Waals surface area contributed by atoms with Crippen LogP contribution in [0.2, 0.25) is 0 Å². The molecule has 0 radical (unpaired) electrons. The largest absolute Gasteiger partial charge is 0.466 e. The van der Waals surface area contributed by atoms with Crippen LogP contribution in [0.1, 0.15) is 18.1 Å². The van der Waals surface area contributed by atoms with Crippen molar-refractivity contribution < 1.29 is 14.5 Å². The van der Waals surface area contributed by atoms with Crippen LogP contribution in [0.4, 0.5) is 5.69 Å². The van der Waals surface area contributed by atoms with Gasteiger partial charge in [0, 0.05) is 10.5 Å². The highest BCUT2D eigenvalue weighted by Crippen LogP contribution is 2.29. The Balaban J connectivity index is 3.12. The van der Waals surface area contributed by atoms with E-state index in [0.29, 0.717) is 10.0 Å². The Hall–Kier alpha value is -1.43. The first-order chi connectivity index (χ1) is 7.95. The molecular weight excluding hydrogens is 290 g/mol. The van der Waals surface area contributed by atoms with Crippen LogP contribution in [0.3, 0.4) is 0 Å². The Morgan fingerprint density at radius 1 is 1.53 bits per heavy atom. The number of hydrogen-bond acceptors (Lipinski definition) is 4. The molecule has 0 unspecified atom stereocenters. The predicted molar refractivity (Wildman–Crippen MR) is 65.9 cm³/mol. The van der Waals surface area contributed by atoms with Crippen molar-refractivity contribution in [3.63, 3.8) is 0 Å². The van der Waals surface area contributed by atoms with Gasteiger partial charge in [-0.25, -0.2) is 0 Å². The van der Waals surface area contributed by atoms with Crippen LogP contribution in [-0.4, -0.2) is 17.5 Å². The molecule has 0 atom stereocenters. The molecule has 0 N–H and O–H groups in total. The Morgan fingerprint density at radius 2 is 2.18 bits per heavy atom. The van der Waals surface area contributed by atoms with E-state index in [-0.39, 0.29) is 18.7 Å². The van der Waals surface area contributed by atoms with E-state index in [1.165, 1.54) is 6.07 Å². The summed E-state index contributed by atoms with van der Waals surface area (Å²) in [4.78, 5) is 21.8. The fourth-order valence-electron chi connectivity index (χ4n) is 1.45. The summed E-state index contributed by atoms with van der Waals surface area (Å²) in [5, 5.41) is 10.9. The van der Waals surface area contributed by atoms with Gasteiger partial charge in [0.25, 0.3) is 5.69 Å². The number of esters is 1. The van der Waals surface area contributed by atoms with Gasteiger partial charge >= 0.3 is 5.97 Å². The summed E-state index contributed by atoms with van der Waals surface area (Å²) >= 11 is 3.23. The first kappa shape index (κ1) is 13.6. The van der Waals surface area contributed by atoms with Gasteiger partial charge in [-0.1, -0.05) is 15.9 Å². The second kappa shape index (κ2) is 5.77. The van der Waals surface area contributed by atoms with Gasteiger partial charge in [-0.3, -0.25) is 14.9 Å². The molecule has 17 heavy (non-hydrogen) atoms. The van der Waals surface area contributed by atoms with Crippen LogP contribution in [0, 0.1) is 17.0 Å². The number of nitrogens with zero attached hydrogens (tertiary/aromatic N) is 1. The van der Waals surface area contributed by atoms with E-state index < -0.39 is 10.9 Å². The molecule has 1 aromatic carbocycles. The predicted octanol–water partition coefficient (Wildman–Crippen LogP) is 2.77. The average molecular weight is 302 g/mol. The number of hydrogen-bond donors (Lipinski definition) is 0. The number of ether oxygens (including phenoxy) is 1. The molecule has 0 fully saturated rings. The molecule has 0 saturated heterocycles. The summed E-state index contributed by atoms with van der Waals surface area (Å²) in [7, 11) is 0. The first-order valence-electron chi connectivity index (χ1n) is 5.04. The highest BCUT2D eigenvalue weighted by molar-refractivity contribution is 9.10. The smallest absolute Gasteiger partial charge is 0.310 e. The van der Waals surface area contributed by atoms with Crippen LogP contribution < -0.4 is 0 Å². The van der Waals surface area contributed by atoms with Gasteiger partial charge in [-0.05, 0) is 25.5 Å². The van der Waals surface area contributed by atoms with Crippen molar-refractivity contribution in [1.29, 1.82) is 0 Å². The Kier molecular flexibility index (Phi) is 4.62. The molecule has 0 saturated carbocycles. The van der Waals surface area contributed by atoms with Crippen LogP contribution >= 0.6 is 15.9 Å². The molecule has 0 heterocycles. The molecule has 0 bridgehead atoms. The number of carbonyl (C=O) groups excluding carboxylic acids is 1. The number of carbonyl (C=O) groups is 1. The molecule has 0 aromatic heterocycles. The maximum absolute atomic E-state index is 11.4. The maximum Gasteiger partial charge on any atom is 0.310 e. The minimum atomic E-state index is -0.494. The SMILES string of the molecule is CCOC(=O)Cc1c(Br)cc(C)cc1[N+](=O)[O-]. The molecule has 1 rings (SSSR count). The normalized spacial score (nSPS) is 10.1. The third-order valence-electron chi connectivity index (χ3n) is 2.14. The van der Waals surface area contributed by atoms with Gasteiger partial charge in [-0.2, -0.15) is 0 Å². The summed E-state index contributed by atoms with van der Waals surface area (Å²) in [6.07, 6.45) is -0.106. The fraction of sp³-hybridized carbons (Fsp3) is 0.364. The van der Waals surface area contributed by atoms with Gasteiger partial charge in [-0.15, -0.1) is 0 Å². The topological polar surface area (TPSA) is 69.4 Å². The molecule has 5 nitrogen and oxygen atoms in total. The Morgan fingerprint density at radius 3 is 2.71 bits per heavy atom. The van der Waals surface area contributed by atoms with Crippen molar-refractivity contribution in [3.05, 3.63) is 37.8 Å². The highest BCUT2D eigenvalue weighted by Gasteiger charge is 2.20. The molecule has 92 valence electrons. The quantitative estimate of drug-likeness (QED) is 0.487. The second-order valence-corrected chi connectivity index (χ2v) is 4.34. The zero-order chi connectivity index (χ0) is 13.0. The summed E-state index contributed by atoms with van der Waals surface area (Å²) in [6.45, 7) is 3.71. The average Bonchev–Trinajstić information content (AvgIpc) is 2.21. The van der Waals surface area contributed by atoms with Crippen LogP contribution in [0.25, 0.3) is 0 Å². The number of rotatable bonds is 4. The summed E-state index contributed by atoms with van der Waals surface area (Å²) in [6, 6.07) is 3.18. The van der Waals surface area contributed by atoms with Gasteiger partial charge in [0.1, 0.15) is 0 Å². The lowest BCUT2D eigenvalue weighted by molar-refractivity contribution is -0.385. The monoisotopic (exact) mass is 301 g/mol. The van der Waals surface area contributed by atoms with Gasteiger partial charge in [0.2, 0.25) is 0 Å². The molecule has 0 aliphatic heterocycles. The third kappa shape index (κ3) is 3.52. The lowest BCUT2D eigenvalue weighted by Crippen LogP contribution is -2.10. The first-order valence-corrected chi connectivity index (χ1v) is 5.84.